The van der Waals surface area contributed by atoms with Gasteiger partial charge in [-0.2, -0.15) is 0 Å². The van der Waals surface area contributed by atoms with Crippen LogP contribution in [0.15, 0.2) is 42.5 Å². The molecule has 0 saturated heterocycles. The van der Waals surface area contributed by atoms with Gasteiger partial charge < -0.3 is 14.8 Å². The third-order valence-electron chi connectivity index (χ3n) is 4.84. The van der Waals surface area contributed by atoms with Crippen LogP contribution < -0.4 is 10.1 Å². The van der Waals surface area contributed by atoms with Crippen LogP contribution in [0.5, 0.6) is 5.75 Å². The lowest BCUT2D eigenvalue weighted by Gasteiger charge is -2.17. The number of carbonyl (C=O) groups excluding carboxylic acids is 2. The molecular weight excluding hydrogens is 402 g/mol. The fourth-order valence-corrected chi connectivity index (χ4v) is 3.25. The second-order valence-electron chi connectivity index (χ2n) is 6.89. The maximum absolute atomic E-state index is 12.8. The van der Waals surface area contributed by atoms with Gasteiger partial charge in [0.1, 0.15) is 5.75 Å². The molecule has 1 heterocycles. The Bertz CT molecular complexity index is 1190. The normalized spacial score (nSPS) is 11.6. The Morgan fingerprint density at radius 3 is 2.55 bits per heavy atom. The molecular formula is C22H21N3O6. The zero-order valence-corrected chi connectivity index (χ0v) is 17.5. The molecule has 1 N–H and O–H groups in total. The molecule has 0 aliphatic heterocycles. The third kappa shape index (κ3) is 4.45. The molecule has 1 atom stereocenters. The first-order chi connectivity index (χ1) is 14.7. The van der Waals surface area contributed by atoms with Gasteiger partial charge >= 0.3 is 5.97 Å². The molecule has 1 aromatic heterocycles. The van der Waals surface area contributed by atoms with Crippen LogP contribution in [-0.4, -0.2) is 35.0 Å². The number of nitro groups is 1. The number of methoxy groups -OCH3 is 1. The van der Waals surface area contributed by atoms with Crippen LogP contribution in [0.3, 0.4) is 0 Å². The summed E-state index contributed by atoms with van der Waals surface area (Å²) >= 11 is 0. The fourth-order valence-electron chi connectivity index (χ4n) is 3.25. The molecule has 3 aromatic rings. The molecule has 31 heavy (non-hydrogen) atoms. The Morgan fingerprint density at radius 1 is 1.16 bits per heavy atom. The summed E-state index contributed by atoms with van der Waals surface area (Å²) in [6, 6.07) is 11.2. The van der Waals surface area contributed by atoms with Gasteiger partial charge in [-0.15, -0.1) is 0 Å². The van der Waals surface area contributed by atoms with E-state index in [1.807, 2.05) is 24.3 Å². The number of nitro benzene ring substituents is 1. The summed E-state index contributed by atoms with van der Waals surface area (Å²) in [5.74, 6) is -1.10. The number of pyridine rings is 1. The number of aromatic nitrogens is 1. The van der Waals surface area contributed by atoms with Gasteiger partial charge in [0.2, 0.25) is 0 Å². The Balaban J connectivity index is 1.81. The number of hydrogen-bond acceptors (Lipinski definition) is 7. The van der Waals surface area contributed by atoms with E-state index in [9.17, 15) is 19.7 Å². The van der Waals surface area contributed by atoms with Crippen molar-refractivity contribution in [2.45, 2.75) is 26.9 Å². The number of carbonyl (C=O) groups is 2. The van der Waals surface area contributed by atoms with E-state index in [2.05, 4.69) is 10.3 Å². The van der Waals surface area contributed by atoms with Crippen molar-refractivity contribution in [3.05, 3.63) is 69.4 Å². The largest absolute Gasteiger partial charge is 0.495 e. The molecule has 0 radical (unpaired) electrons. The molecule has 1 unspecified atom stereocenters. The van der Waals surface area contributed by atoms with Crippen LogP contribution in [0, 0.1) is 24.0 Å². The zero-order chi connectivity index (χ0) is 22.7. The van der Waals surface area contributed by atoms with E-state index in [1.54, 1.807) is 13.8 Å². The van der Waals surface area contributed by atoms with Gasteiger partial charge in [-0.3, -0.25) is 19.9 Å². The van der Waals surface area contributed by atoms with Crippen molar-refractivity contribution in [3.63, 3.8) is 0 Å². The van der Waals surface area contributed by atoms with E-state index in [-0.39, 0.29) is 17.1 Å². The van der Waals surface area contributed by atoms with E-state index in [0.717, 1.165) is 10.9 Å². The smallest absolute Gasteiger partial charge is 0.341 e. The molecule has 160 valence electrons. The van der Waals surface area contributed by atoms with Crippen LogP contribution in [-0.2, 0) is 9.53 Å². The molecule has 1 amide bonds. The van der Waals surface area contributed by atoms with Gasteiger partial charge in [0.05, 0.1) is 34.5 Å². The number of para-hydroxylation sites is 1. The summed E-state index contributed by atoms with van der Waals surface area (Å²) in [7, 11) is 1.37. The van der Waals surface area contributed by atoms with Crippen LogP contribution in [0.1, 0.15) is 28.5 Å². The number of amides is 1. The molecule has 0 fully saturated rings. The number of esters is 1. The number of fused-ring (bicyclic) bond motifs is 1. The predicted molar refractivity (Wildman–Crippen MR) is 114 cm³/mol. The zero-order valence-electron chi connectivity index (χ0n) is 17.5. The summed E-state index contributed by atoms with van der Waals surface area (Å²) in [5.41, 5.74) is 2.15. The maximum Gasteiger partial charge on any atom is 0.341 e. The number of anilines is 1. The van der Waals surface area contributed by atoms with Crippen molar-refractivity contribution < 1.29 is 24.0 Å². The van der Waals surface area contributed by atoms with E-state index < -0.39 is 22.9 Å². The van der Waals surface area contributed by atoms with Crippen molar-refractivity contribution in [1.82, 2.24) is 4.98 Å². The lowest BCUT2D eigenvalue weighted by molar-refractivity contribution is -0.384. The number of non-ortho nitro benzene ring substituents is 1. The average molecular weight is 423 g/mol. The SMILES string of the molecule is COc1ccc([N+](=O)[O-])cc1NC(=O)C(C)OC(=O)c1c(C)nc2ccccc2c1C. The Kier molecular flexibility index (Phi) is 6.15. The summed E-state index contributed by atoms with van der Waals surface area (Å²) in [6.07, 6.45) is -1.17. The van der Waals surface area contributed by atoms with Gasteiger partial charge in [-0.05, 0) is 38.5 Å². The second-order valence-corrected chi connectivity index (χ2v) is 6.89. The van der Waals surface area contributed by atoms with Crippen molar-refractivity contribution in [3.8, 4) is 5.75 Å². The number of nitrogens with one attached hydrogen (secondary N) is 1. The summed E-state index contributed by atoms with van der Waals surface area (Å²) in [5, 5.41) is 14.3. The van der Waals surface area contributed by atoms with E-state index in [4.69, 9.17) is 9.47 Å². The van der Waals surface area contributed by atoms with Crippen LogP contribution in [0.4, 0.5) is 11.4 Å². The molecule has 0 aliphatic carbocycles. The quantitative estimate of drug-likeness (QED) is 0.362. The molecule has 9 nitrogen and oxygen atoms in total. The van der Waals surface area contributed by atoms with Crippen molar-refractivity contribution >= 4 is 34.2 Å². The Morgan fingerprint density at radius 2 is 1.87 bits per heavy atom. The molecule has 3 rings (SSSR count). The standard InChI is InChI=1S/C22H21N3O6/c1-12-16-7-5-6-8-17(16)23-13(2)20(12)22(27)31-14(3)21(26)24-18-11-15(25(28)29)9-10-19(18)30-4/h5-11,14H,1-4H3,(H,24,26). The molecule has 0 saturated carbocycles. The van der Waals surface area contributed by atoms with Gasteiger partial charge in [-0.1, -0.05) is 18.2 Å². The van der Waals surface area contributed by atoms with Crippen molar-refractivity contribution in [1.29, 1.82) is 0 Å². The second kappa shape index (κ2) is 8.78. The summed E-state index contributed by atoms with van der Waals surface area (Å²) in [6.45, 7) is 4.91. The van der Waals surface area contributed by atoms with Crippen LogP contribution in [0.2, 0.25) is 0 Å². The number of ether oxygens (including phenoxy) is 2. The minimum atomic E-state index is -1.17. The topological polar surface area (TPSA) is 121 Å². The fraction of sp³-hybridized carbons (Fsp3) is 0.227. The first-order valence-corrected chi connectivity index (χ1v) is 9.43. The predicted octanol–water partition coefficient (Wildman–Crippen LogP) is 3.95. The molecule has 0 aliphatic rings. The Hall–Kier alpha value is -4.01. The number of hydrogen-bond donors (Lipinski definition) is 1. The molecule has 9 heteroatoms. The monoisotopic (exact) mass is 423 g/mol. The van der Waals surface area contributed by atoms with Crippen molar-refractivity contribution in [2.75, 3.05) is 12.4 Å². The van der Waals surface area contributed by atoms with Gasteiger partial charge in [-0.25, -0.2) is 4.79 Å². The van der Waals surface area contributed by atoms with Gasteiger partial charge in [0.25, 0.3) is 11.6 Å². The highest BCUT2D eigenvalue weighted by Crippen LogP contribution is 2.29. The maximum atomic E-state index is 12.8. The highest BCUT2D eigenvalue weighted by atomic mass is 16.6. The van der Waals surface area contributed by atoms with Crippen LogP contribution in [0.25, 0.3) is 10.9 Å². The van der Waals surface area contributed by atoms with Gasteiger partial charge in [0.15, 0.2) is 6.10 Å². The van der Waals surface area contributed by atoms with Gasteiger partial charge in [0, 0.05) is 17.5 Å². The molecule has 2 aromatic carbocycles. The lowest BCUT2D eigenvalue weighted by Crippen LogP contribution is -2.30. The minimum Gasteiger partial charge on any atom is -0.495 e. The van der Waals surface area contributed by atoms with E-state index >= 15 is 0 Å². The third-order valence-corrected chi connectivity index (χ3v) is 4.84. The Labute approximate surface area is 178 Å². The van der Waals surface area contributed by atoms with E-state index in [1.165, 1.54) is 32.2 Å². The molecule has 0 spiro atoms. The minimum absolute atomic E-state index is 0.101. The van der Waals surface area contributed by atoms with E-state index in [0.29, 0.717) is 16.8 Å². The summed E-state index contributed by atoms with van der Waals surface area (Å²) < 4.78 is 10.5. The number of rotatable bonds is 6. The first kappa shape index (κ1) is 21.7. The highest BCUT2D eigenvalue weighted by Gasteiger charge is 2.24. The number of aryl methyl sites for hydroxylation is 2. The number of benzene rings is 2. The molecule has 0 bridgehead atoms. The lowest BCUT2D eigenvalue weighted by atomic mass is 10.0. The average Bonchev–Trinajstić information content (AvgIpc) is 2.73. The van der Waals surface area contributed by atoms with Crippen molar-refractivity contribution in [2.24, 2.45) is 0 Å². The van der Waals surface area contributed by atoms with Crippen LogP contribution >= 0.6 is 0 Å². The summed E-state index contributed by atoms with van der Waals surface area (Å²) in [4.78, 5) is 40.3. The number of nitrogens with zero attached hydrogens (tertiary/aromatic N) is 2. The first-order valence-electron chi connectivity index (χ1n) is 9.43. The highest BCUT2D eigenvalue weighted by molar-refractivity contribution is 6.01.